The smallest absolute Gasteiger partial charge is 0.344 e. The number of hydrogen-bond donors (Lipinski definition) is 1. The third kappa shape index (κ3) is 2.73. The van der Waals surface area contributed by atoms with Crippen LogP contribution in [0.4, 0.5) is 8.78 Å². The van der Waals surface area contributed by atoms with Gasteiger partial charge in [0.25, 0.3) is 0 Å². The predicted molar refractivity (Wildman–Crippen MR) is 86.7 cm³/mol. The number of aromatic nitrogens is 1. The van der Waals surface area contributed by atoms with Crippen molar-refractivity contribution >= 4 is 16.9 Å². The monoisotopic (exact) mass is 345 g/mol. The minimum absolute atomic E-state index is 0.00769. The maximum absolute atomic E-state index is 13.6. The zero-order valence-corrected chi connectivity index (χ0v) is 13.1. The van der Waals surface area contributed by atoms with Crippen molar-refractivity contribution in [3.63, 3.8) is 0 Å². The number of ether oxygens (including phenoxy) is 1. The highest BCUT2D eigenvalue weighted by atomic mass is 19.2. The summed E-state index contributed by atoms with van der Waals surface area (Å²) in [4.78, 5) is 25.0. The number of rotatable bonds is 3. The van der Waals surface area contributed by atoms with Crippen molar-refractivity contribution in [2.45, 2.75) is 6.92 Å². The first-order valence-corrected chi connectivity index (χ1v) is 7.45. The molecule has 1 N–H and O–H groups in total. The molecule has 25 heavy (non-hydrogen) atoms. The second-order valence-corrected chi connectivity index (χ2v) is 5.23. The first-order valence-electron chi connectivity index (χ1n) is 7.45. The molecule has 0 radical (unpaired) electrons. The Hall–Kier alpha value is -3.22. The van der Waals surface area contributed by atoms with Crippen LogP contribution in [0.5, 0.6) is 0 Å². The summed E-state index contributed by atoms with van der Waals surface area (Å²) in [5, 5.41) is 10.2. The van der Waals surface area contributed by atoms with Crippen LogP contribution in [0.1, 0.15) is 17.3 Å². The zero-order chi connectivity index (χ0) is 18.1. The number of carbonyl (C=O) groups excluding carboxylic acids is 1. The summed E-state index contributed by atoms with van der Waals surface area (Å²) in [5.41, 5.74) is -1.36. The third-order valence-corrected chi connectivity index (χ3v) is 3.71. The van der Waals surface area contributed by atoms with Crippen molar-refractivity contribution in [1.29, 1.82) is 0 Å². The number of benzene rings is 2. The molecule has 1 aromatic heterocycles. The molecule has 0 atom stereocenters. The topological polar surface area (TPSA) is 68.5 Å². The summed E-state index contributed by atoms with van der Waals surface area (Å²) in [5.74, 6) is -3.44. The highest BCUT2D eigenvalue weighted by Crippen LogP contribution is 2.26. The fraction of sp³-hybridized carbons (Fsp3) is 0.111. The molecule has 5 nitrogen and oxygen atoms in total. The average Bonchev–Trinajstić information content (AvgIpc) is 2.60. The number of esters is 1. The Morgan fingerprint density at radius 3 is 2.44 bits per heavy atom. The van der Waals surface area contributed by atoms with Crippen molar-refractivity contribution < 1.29 is 23.5 Å². The van der Waals surface area contributed by atoms with E-state index in [1.807, 2.05) is 0 Å². The lowest BCUT2D eigenvalue weighted by Crippen LogP contribution is -2.23. The average molecular weight is 345 g/mol. The van der Waals surface area contributed by atoms with E-state index in [9.17, 15) is 23.6 Å². The molecule has 0 saturated heterocycles. The van der Waals surface area contributed by atoms with Gasteiger partial charge in [0.1, 0.15) is 11.3 Å². The molecule has 0 unspecified atom stereocenters. The van der Waals surface area contributed by atoms with Crippen LogP contribution in [0.15, 0.2) is 47.3 Å². The number of halogens is 2. The van der Waals surface area contributed by atoms with Crippen LogP contribution < -0.4 is 5.43 Å². The van der Waals surface area contributed by atoms with E-state index in [0.717, 1.165) is 0 Å². The summed E-state index contributed by atoms with van der Waals surface area (Å²) >= 11 is 0. The molecule has 0 aliphatic carbocycles. The Labute approximate surface area is 140 Å². The van der Waals surface area contributed by atoms with Gasteiger partial charge in [0.15, 0.2) is 11.6 Å². The van der Waals surface area contributed by atoms with E-state index in [1.165, 1.54) is 0 Å². The van der Waals surface area contributed by atoms with Crippen molar-refractivity contribution in [2.75, 3.05) is 6.61 Å². The molecule has 0 spiro atoms. The van der Waals surface area contributed by atoms with Crippen LogP contribution >= 0.6 is 0 Å². The van der Waals surface area contributed by atoms with E-state index in [4.69, 9.17) is 4.74 Å². The molecular weight excluding hydrogens is 332 g/mol. The summed E-state index contributed by atoms with van der Waals surface area (Å²) in [6.45, 7) is 1.57. The second kappa shape index (κ2) is 6.35. The van der Waals surface area contributed by atoms with Gasteiger partial charge in [-0.15, -0.1) is 0 Å². The summed E-state index contributed by atoms with van der Waals surface area (Å²) in [6, 6.07) is 9.48. The normalized spacial score (nSPS) is 10.8. The Kier molecular flexibility index (Phi) is 4.22. The van der Waals surface area contributed by atoms with Gasteiger partial charge >= 0.3 is 5.97 Å². The molecule has 3 rings (SSSR count). The number of hydrogen-bond acceptors (Lipinski definition) is 4. The molecule has 1 heterocycles. The van der Waals surface area contributed by atoms with Crippen LogP contribution in [0.25, 0.3) is 22.2 Å². The largest absolute Gasteiger partial charge is 0.462 e. The first kappa shape index (κ1) is 16.6. The molecule has 0 aliphatic heterocycles. The van der Waals surface area contributed by atoms with Gasteiger partial charge in [-0.1, -0.05) is 30.3 Å². The van der Waals surface area contributed by atoms with E-state index in [0.29, 0.717) is 22.4 Å². The number of fused-ring (bicyclic) bond motifs is 1. The predicted octanol–water partition coefficient (Wildman–Crippen LogP) is 3.36. The molecule has 7 heteroatoms. The second-order valence-electron chi connectivity index (χ2n) is 5.23. The first-order chi connectivity index (χ1) is 12.0. The zero-order valence-electron chi connectivity index (χ0n) is 13.1. The van der Waals surface area contributed by atoms with Gasteiger partial charge in [0.2, 0.25) is 5.43 Å². The number of nitrogens with zero attached hydrogens (tertiary/aromatic N) is 1. The van der Waals surface area contributed by atoms with Gasteiger partial charge in [-0.2, -0.15) is 4.73 Å². The lowest BCUT2D eigenvalue weighted by Gasteiger charge is -2.15. The van der Waals surface area contributed by atoms with Crippen LogP contribution in [-0.4, -0.2) is 22.5 Å². The fourth-order valence-electron chi connectivity index (χ4n) is 2.62. The van der Waals surface area contributed by atoms with Gasteiger partial charge in [-0.25, -0.2) is 13.6 Å². The Morgan fingerprint density at radius 2 is 1.80 bits per heavy atom. The van der Waals surface area contributed by atoms with Crippen molar-refractivity contribution in [2.24, 2.45) is 0 Å². The van der Waals surface area contributed by atoms with Gasteiger partial charge in [-0.3, -0.25) is 4.79 Å². The summed E-state index contributed by atoms with van der Waals surface area (Å²) < 4.78 is 32.5. The van der Waals surface area contributed by atoms with Crippen LogP contribution in [0, 0.1) is 11.6 Å². The van der Waals surface area contributed by atoms with Gasteiger partial charge in [-0.05, 0) is 13.0 Å². The van der Waals surface area contributed by atoms with Gasteiger partial charge in [0.05, 0.1) is 17.5 Å². The molecule has 0 bridgehead atoms. The third-order valence-electron chi connectivity index (χ3n) is 3.71. The molecule has 0 aliphatic rings. The van der Waals surface area contributed by atoms with E-state index < -0.39 is 28.6 Å². The van der Waals surface area contributed by atoms with E-state index in [-0.39, 0.29) is 23.2 Å². The minimum atomic E-state index is -1.26. The summed E-state index contributed by atoms with van der Waals surface area (Å²) in [6.07, 6.45) is 0. The molecule has 128 valence electrons. The Bertz CT molecular complexity index is 1030. The maximum atomic E-state index is 13.6. The van der Waals surface area contributed by atoms with Crippen molar-refractivity contribution in [3.8, 4) is 11.3 Å². The maximum Gasteiger partial charge on any atom is 0.344 e. The van der Waals surface area contributed by atoms with E-state index in [1.54, 1.807) is 37.3 Å². The molecule has 2 aromatic carbocycles. The van der Waals surface area contributed by atoms with E-state index in [2.05, 4.69) is 0 Å². The molecule has 3 aromatic rings. The quantitative estimate of drug-likeness (QED) is 0.584. The molecule has 0 saturated carbocycles. The van der Waals surface area contributed by atoms with Gasteiger partial charge < -0.3 is 9.94 Å². The van der Waals surface area contributed by atoms with Crippen LogP contribution in [0.3, 0.4) is 0 Å². The van der Waals surface area contributed by atoms with Crippen LogP contribution in [0.2, 0.25) is 0 Å². The fourth-order valence-corrected chi connectivity index (χ4v) is 2.62. The molecule has 0 fully saturated rings. The Morgan fingerprint density at radius 1 is 1.16 bits per heavy atom. The lowest BCUT2D eigenvalue weighted by molar-refractivity contribution is 0.0522. The minimum Gasteiger partial charge on any atom is -0.462 e. The van der Waals surface area contributed by atoms with E-state index >= 15 is 0 Å². The highest BCUT2D eigenvalue weighted by molar-refractivity contribution is 6.00. The van der Waals surface area contributed by atoms with Crippen molar-refractivity contribution in [1.82, 2.24) is 4.73 Å². The van der Waals surface area contributed by atoms with Crippen molar-refractivity contribution in [3.05, 3.63) is 69.9 Å². The highest BCUT2D eigenvalue weighted by Gasteiger charge is 2.25. The summed E-state index contributed by atoms with van der Waals surface area (Å²) in [7, 11) is 0. The van der Waals surface area contributed by atoms with Crippen LogP contribution in [-0.2, 0) is 4.74 Å². The standard InChI is InChI=1S/C18H13F2NO4/c1-2-25-18(23)15-16(10-6-4-3-5-7-10)21(24)14-9-13(20)12(19)8-11(14)17(15)22/h3-9,24H,2H2,1H3. The number of carbonyl (C=O) groups is 1. The molecule has 0 amide bonds. The molecular formula is C18H13F2NO4. The Balaban J connectivity index is 2.49. The lowest BCUT2D eigenvalue weighted by atomic mass is 10.0. The van der Waals surface area contributed by atoms with Gasteiger partial charge in [0, 0.05) is 11.6 Å². The number of pyridine rings is 1. The SMILES string of the molecule is CCOC(=O)c1c(-c2ccccc2)n(O)c2cc(F)c(F)cc2c1=O.